The lowest BCUT2D eigenvalue weighted by atomic mass is 10.1. The number of carboxylic acids is 2. The van der Waals surface area contributed by atoms with Crippen molar-refractivity contribution in [1.29, 1.82) is 0 Å². The van der Waals surface area contributed by atoms with E-state index in [1.807, 2.05) is 11.6 Å². The summed E-state index contributed by atoms with van der Waals surface area (Å²) in [4.78, 5) is 57.5. The van der Waals surface area contributed by atoms with Gasteiger partial charge in [0.05, 0.1) is 12.6 Å². The fourth-order valence-corrected chi connectivity index (χ4v) is 2.43. The van der Waals surface area contributed by atoms with Gasteiger partial charge in [-0.3, -0.25) is 24.0 Å². The van der Waals surface area contributed by atoms with E-state index in [9.17, 15) is 29.1 Å². The fraction of sp³-hybridized carbons (Fsp3) is 0.667. The Labute approximate surface area is 165 Å². The summed E-state index contributed by atoms with van der Waals surface area (Å²) in [5.74, 6) is -4.42. The van der Waals surface area contributed by atoms with Gasteiger partial charge in [-0.1, -0.05) is 0 Å². The third-order valence-corrected chi connectivity index (χ3v) is 4.12. The van der Waals surface area contributed by atoms with E-state index in [0.29, 0.717) is 12.2 Å². The molecule has 28 heavy (non-hydrogen) atoms. The largest absolute Gasteiger partial charge is 0.481 e. The molecule has 0 fully saturated rings. The van der Waals surface area contributed by atoms with Crippen LogP contribution in [0.15, 0.2) is 0 Å². The minimum absolute atomic E-state index is 0.267. The third-order valence-electron chi connectivity index (χ3n) is 3.48. The molecule has 8 N–H and O–H groups in total. The number of nitrogens with one attached hydrogen (secondary N) is 3. The summed E-state index contributed by atoms with van der Waals surface area (Å²) in [6.45, 7) is -1.54. The van der Waals surface area contributed by atoms with Crippen molar-refractivity contribution < 1.29 is 39.3 Å². The molecule has 3 atom stereocenters. The molecule has 0 aromatic heterocycles. The van der Waals surface area contributed by atoms with E-state index in [1.54, 1.807) is 0 Å². The van der Waals surface area contributed by atoms with Crippen molar-refractivity contribution in [2.75, 3.05) is 25.2 Å². The first-order valence-corrected chi connectivity index (χ1v) is 9.69. The second-order valence-corrected chi connectivity index (χ2v) is 6.72. The molecular formula is C15H26N4O8S. The van der Waals surface area contributed by atoms with Gasteiger partial charge in [-0.15, -0.1) is 0 Å². The van der Waals surface area contributed by atoms with Gasteiger partial charge in [-0.05, 0) is 24.9 Å². The minimum atomic E-state index is -1.47. The van der Waals surface area contributed by atoms with Crippen molar-refractivity contribution in [3.63, 3.8) is 0 Å². The molecule has 0 aliphatic rings. The quantitative estimate of drug-likeness (QED) is 0.152. The summed E-state index contributed by atoms with van der Waals surface area (Å²) in [5, 5.41) is 33.1. The molecule has 160 valence electrons. The topological polar surface area (TPSA) is 208 Å². The first-order chi connectivity index (χ1) is 13.1. The van der Waals surface area contributed by atoms with Gasteiger partial charge >= 0.3 is 11.9 Å². The molecule has 3 amide bonds. The summed E-state index contributed by atoms with van der Waals surface area (Å²) in [6, 6.07) is -3.67. The molecule has 0 aliphatic heterocycles. The van der Waals surface area contributed by atoms with Crippen molar-refractivity contribution in [2.45, 2.75) is 37.4 Å². The number of aliphatic hydroxyl groups is 1. The maximum atomic E-state index is 12.4. The molecule has 0 rings (SSSR count). The molecule has 0 saturated heterocycles. The number of nitrogens with two attached hydrogens (primary N) is 1. The number of thioether (sulfide) groups is 1. The van der Waals surface area contributed by atoms with E-state index in [-0.39, 0.29) is 6.42 Å². The van der Waals surface area contributed by atoms with Crippen molar-refractivity contribution >= 4 is 41.4 Å². The Morgan fingerprint density at radius 3 is 2.04 bits per heavy atom. The summed E-state index contributed by atoms with van der Waals surface area (Å²) < 4.78 is 0. The van der Waals surface area contributed by atoms with Gasteiger partial charge in [-0.25, -0.2) is 0 Å². The summed E-state index contributed by atoms with van der Waals surface area (Å²) >= 11 is 1.48. The molecule has 12 nitrogen and oxygen atoms in total. The van der Waals surface area contributed by atoms with Gasteiger partial charge < -0.3 is 37.0 Å². The van der Waals surface area contributed by atoms with E-state index in [4.69, 9.17) is 15.9 Å². The lowest BCUT2D eigenvalue weighted by molar-refractivity contribution is -0.139. The van der Waals surface area contributed by atoms with Crippen LogP contribution in [0, 0.1) is 0 Å². The highest BCUT2D eigenvalue weighted by molar-refractivity contribution is 7.98. The standard InChI is InChI=1S/C15H26N4O8S/c1-28-5-4-8(16)13(25)18-9(2-3-11(21)22)15(27)19-10(7-20)14(26)17-6-12(23)24/h8-10,20H,2-7,16H2,1H3,(H,17,26)(H,18,25)(H,19,27)(H,21,22)(H,23,24). The average molecular weight is 422 g/mol. The number of carbonyl (C=O) groups is 5. The van der Waals surface area contributed by atoms with Crippen molar-refractivity contribution in [1.82, 2.24) is 16.0 Å². The smallest absolute Gasteiger partial charge is 0.322 e. The van der Waals surface area contributed by atoms with Crippen LogP contribution >= 0.6 is 11.8 Å². The number of rotatable bonds is 14. The van der Waals surface area contributed by atoms with Crippen LogP contribution in [0.1, 0.15) is 19.3 Å². The van der Waals surface area contributed by atoms with Gasteiger partial charge in [-0.2, -0.15) is 11.8 Å². The minimum Gasteiger partial charge on any atom is -0.481 e. The number of amides is 3. The monoisotopic (exact) mass is 422 g/mol. The van der Waals surface area contributed by atoms with Gasteiger partial charge in [0, 0.05) is 6.42 Å². The highest BCUT2D eigenvalue weighted by atomic mass is 32.2. The fourth-order valence-electron chi connectivity index (χ4n) is 1.94. The van der Waals surface area contributed by atoms with E-state index in [0.717, 1.165) is 0 Å². The average Bonchev–Trinajstić information content (AvgIpc) is 2.64. The Balaban J connectivity index is 5.02. The van der Waals surface area contributed by atoms with Gasteiger partial charge in [0.2, 0.25) is 17.7 Å². The first-order valence-electron chi connectivity index (χ1n) is 8.29. The number of aliphatic carboxylic acids is 2. The summed E-state index contributed by atoms with van der Waals surface area (Å²) in [6.07, 6.45) is 1.47. The number of hydrogen-bond donors (Lipinski definition) is 7. The van der Waals surface area contributed by atoms with Crippen LogP contribution in [0.3, 0.4) is 0 Å². The van der Waals surface area contributed by atoms with Crippen LogP contribution in [0.25, 0.3) is 0 Å². The zero-order valence-electron chi connectivity index (χ0n) is 15.3. The first kappa shape index (κ1) is 25.6. The van der Waals surface area contributed by atoms with Crippen LogP contribution in [0.4, 0.5) is 0 Å². The third kappa shape index (κ3) is 10.7. The summed E-state index contributed by atoms with van der Waals surface area (Å²) in [7, 11) is 0. The number of aliphatic hydroxyl groups excluding tert-OH is 1. The molecular weight excluding hydrogens is 396 g/mol. The molecule has 0 spiro atoms. The van der Waals surface area contributed by atoms with Crippen molar-refractivity contribution in [3.8, 4) is 0 Å². The Hall–Kier alpha value is -2.38. The highest BCUT2D eigenvalue weighted by Gasteiger charge is 2.28. The molecule has 0 saturated carbocycles. The molecule has 0 aromatic carbocycles. The predicted molar refractivity (Wildman–Crippen MR) is 99.4 cm³/mol. The molecule has 13 heteroatoms. The number of carbonyl (C=O) groups excluding carboxylic acids is 3. The second kappa shape index (κ2) is 13.7. The molecule has 0 radical (unpaired) electrons. The van der Waals surface area contributed by atoms with Crippen LogP contribution in [0.2, 0.25) is 0 Å². The Kier molecular flexibility index (Phi) is 12.6. The lowest BCUT2D eigenvalue weighted by Crippen LogP contribution is -2.57. The lowest BCUT2D eigenvalue weighted by Gasteiger charge is -2.23. The number of hydrogen-bond acceptors (Lipinski definition) is 8. The molecule has 3 unspecified atom stereocenters. The number of carboxylic acid groups (broad SMARTS) is 2. The Morgan fingerprint density at radius 2 is 1.54 bits per heavy atom. The van der Waals surface area contributed by atoms with Gasteiger partial charge in [0.1, 0.15) is 18.6 Å². The second-order valence-electron chi connectivity index (χ2n) is 5.74. The van der Waals surface area contributed by atoms with Crippen LogP contribution in [-0.4, -0.2) is 88.3 Å². The maximum absolute atomic E-state index is 12.4. The molecule has 0 heterocycles. The van der Waals surface area contributed by atoms with Crippen molar-refractivity contribution in [2.24, 2.45) is 5.73 Å². The Morgan fingerprint density at radius 1 is 0.929 bits per heavy atom. The van der Waals surface area contributed by atoms with Crippen LogP contribution in [0.5, 0.6) is 0 Å². The molecule has 0 bridgehead atoms. The SMILES string of the molecule is CSCCC(N)C(=O)NC(CCC(=O)O)C(=O)NC(CO)C(=O)NCC(=O)O. The van der Waals surface area contributed by atoms with Crippen LogP contribution < -0.4 is 21.7 Å². The maximum Gasteiger partial charge on any atom is 0.322 e. The van der Waals surface area contributed by atoms with E-state index in [1.165, 1.54) is 11.8 Å². The summed E-state index contributed by atoms with van der Waals surface area (Å²) in [5.41, 5.74) is 5.72. The van der Waals surface area contributed by atoms with Crippen molar-refractivity contribution in [3.05, 3.63) is 0 Å². The van der Waals surface area contributed by atoms with Gasteiger partial charge in [0.25, 0.3) is 0 Å². The zero-order chi connectivity index (χ0) is 21.7. The molecule has 0 aliphatic carbocycles. The predicted octanol–water partition coefficient (Wildman–Crippen LogP) is -2.91. The van der Waals surface area contributed by atoms with Crippen LogP contribution in [-0.2, 0) is 24.0 Å². The highest BCUT2D eigenvalue weighted by Crippen LogP contribution is 2.03. The molecule has 0 aromatic rings. The van der Waals surface area contributed by atoms with Gasteiger partial charge in [0.15, 0.2) is 0 Å². The van der Waals surface area contributed by atoms with E-state index >= 15 is 0 Å². The van der Waals surface area contributed by atoms with E-state index < -0.39 is 67.4 Å². The normalized spacial score (nSPS) is 13.7. The Bertz CT molecular complexity index is 574. The van der Waals surface area contributed by atoms with E-state index in [2.05, 4.69) is 10.6 Å². The zero-order valence-corrected chi connectivity index (χ0v) is 16.2.